The number of morpholine rings is 1. The molecule has 1 fully saturated rings. The molecule has 1 aliphatic heterocycles. The molecule has 3 aromatic rings. The number of Topliss-reactive ketones (excluding diaryl/α,β-unsaturated/α-hetero) is 1. The van der Waals surface area contributed by atoms with Crippen LogP contribution in [-0.4, -0.2) is 49.6 Å². The van der Waals surface area contributed by atoms with Crippen LogP contribution in [0.3, 0.4) is 0 Å². The van der Waals surface area contributed by atoms with E-state index in [2.05, 4.69) is 22.8 Å². The second kappa shape index (κ2) is 13.7. The molecule has 1 aromatic heterocycles. The summed E-state index contributed by atoms with van der Waals surface area (Å²) < 4.78 is 6.28. The molecule has 1 amide bonds. The maximum absolute atomic E-state index is 13.0. The Morgan fingerprint density at radius 1 is 1.11 bits per heavy atom. The molecule has 8 heteroatoms. The number of thiophene rings is 1. The Morgan fingerprint density at radius 2 is 1.89 bits per heavy atom. The van der Waals surface area contributed by atoms with E-state index in [1.165, 1.54) is 16.9 Å². The number of nitrogens with one attached hydrogen (secondary N) is 2. The molecule has 194 valence electrons. The minimum absolute atomic E-state index is 0.0409. The van der Waals surface area contributed by atoms with Gasteiger partial charge in [-0.2, -0.15) is 0 Å². The monoisotopic (exact) mass is 537 g/mol. The number of benzene rings is 2. The topological polar surface area (TPSA) is 93.5 Å². The van der Waals surface area contributed by atoms with E-state index >= 15 is 0 Å². The summed E-state index contributed by atoms with van der Waals surface area (Å²) in [5.74, 6) is -0.255. The van der Waals surface area contributed by atoms with Gasteiger partial charge in [0.15, 0.2) is 5.78 Å². The number of hydrogen-bond donors (Lipinski definition) is 3. The number of aryl methyl sites for hydroxylation is 1. The first kappa shape index (κ1) is 27.2. The molecule has 1 aliphatic rings. The molecule has 1 saturated heterocycles. The van der Waals surface area contributed by atoms with Crippen molar-refractivity contribution in [2.24, 2.45) is 5.73 Å². The molecule has 0 saturated carbocycles. The summed E-state index contributed by atoms with van der Waals surface area (Å²) in [7, 11) is 0. The van der Waals surface area contributed by atoms with Gasteiger partial charge in [0.05, 0.1) is 17.0 Å². The average molecular weight is 538 g/mol. The summed E-state index contributed by atoms with van der Waals surface area (Å²) in [5, 5.41) is 6.27. The van der Waals surface area contributed by atoms with E-state index in [1.54, 1.807) is 12.1 Å². The minimum Gasteiger partial charge on any atom is -0.367 e. The molecule has 0 spiro atoms. The number of carbonyl (C=O) groups excluding carboxylic acids is 2. The van der Waals surface area contributed by atoms with Gasteiger partial charge < -0.3 is 21.1 Å². The highest BCUT2D eigenvalue weighted by Gasteiger charge is 2.23. The SMILES string of the molecule is N[C@@H](Cc1ccc(C(=O)C2CNCCO2)cc1)C(=O)N[C@H](C=Cc1ccc(Cl)s1)CCc1ccccc1. The number of hydrogen-bond acceptors (Lipinski definition) is 6. The van der Waals surface area contributed by atoms with Crippen LogP contribution in [0.4, 0.5) is 0 Å². The fourth-order valence-electron chi connectivity index (χ4n) is 4.17. The zero-order valence-corrected chi connectivity index (χ0v) is 22.1. The van der Waals surface area contributed by atoms with Crippen molar-refractivity contribution in [2.45, 2.75) is 37.5 Å². The van der Waals surface area contributed by atoms with Crippen molar-refractivity contribution in [3.8, 4) is 0 Å². The lowest BCUT2D eigenvalue weighted by Gasteiger charge is -2.22. The molecular formula is C29H32ClN3O3S. The number of rotatable bonds is 11. The van der Waals surface area contributed by atoms with Crippen LogP contribution < -0.4 is 16.4 Å². The molecule has 2 aromatic carbocycles. The van der Waals surface area contributed by atoms with E-state index in [0.717, 1.165) is 34.2 Å². The summed E-state index contributed by atoms with van der Waals surface area (Å²) in [6.45, 7) is 1.81. The largest absolute Gasteiger partial charge is 0.367 e. The summed E-state index contributed by atoms with van der Waals surface area (Å²) in [5.41, 5.74) is 8.98. The standard InChI is InChI=1S/C29H32ClN3O3S/c30-27-15-14-24(37-27)13-12-23(11-8-20-4-2-1-3-5-20)33-29(35)25(31)18-21-6-9-22(10-7-21)28(34)26-19-32-16-17-36-26/h1-7,9-10,12-15,23,25-26,32H,8,11,16-19,31H2,(H,33,35)/t23-,25-,26?/m0/s1. The van der Waals surface area contributed by atoms with Gasteiger partial charge >= 0.3 is 0 Å². The first-order chi connectivity index (χ1) is 18.0. The van der Waals surface area contributed by atoms with Gasteiger partial charge in [0, 0.05) is 29.6 Å². The third-order valence-corrected chi connectivity index (χ3v) is 7.45. The molecule has 4 N–H and O–H groups in total. The van der Waals surface area contributed by atoms with Crippen LogP contribution in [0.25, 0.3) is 6.08 Å². The van der Waals surface area contributed by atoms with Crippen molar-refractivity contribution in [3.05, 3.63) is 98.7 Å². The number of carbonyl (C=O) groups is 2. The predicted octanol–water partition coefficient (Wildman–Crippen LogP) is 4.27. The third-order valence-electron chi connectivity index (χ3n) is 6.25. The first-order valence-electron chi connectivity index (χ1n) is 12.5. The second-order valence-electron chi connectivity index (χ2n) is 9.08. The lowest BCUT2D eigenvalue weighted by molar-refractivity contribution is -0.122. The highest BCUT2D eigenvalue weighted by atomic mass is 35.5. The second-order valence-corrected chi connectivity index (χ2v) is 10.8. The van der Waals surface area contributed by atoms with Crippen LogP contribution in [0.2, 0.25) is 4.34 Å². The highest BCUT2D eigenvalue weighted by Crippen LogP contribution is 2.23. The normalized spacial score (nSPS) is 17.4. The van der Waals surface area contributed by atoms with Gasteiger partial charge in [-0.1, -0.05) is 72.3 Å². The van der Waals surface area contributed by atoms with Crippen LogP contribution in [-0.2, 0) is 22.4 Å². The summed E-state index contributed by atoms with van der Waals surface area (Å²) in [4.78, 5) is 26.7. The van der Waals surface area contributed by atoms with Gasteiger partial charge in [0.2, 0.25) is 5.91 Å². The van der Waals surface area contributed by atoms with Crippen LogP contribution in [0.1, 0.15) is 32.8 Å². The molecule has 0 radical (unpaired) electrons. The van der Waals surface area contributed by atoms with E-state index in [1.807, 2.05) is 54.6 Å². The lowest BCUT2D eigenvalue weighted by atomic mass is 10.00. The highest BCUT2D eigenvalue weighted by molar-refractivity contribution is 7.17. The van der Waals surface area contributed by atoms with Crippen molar-refractivity contribution in [1.82, 2.24) is 10.6 Å². The number of ketones is 1. The Morgan fingerprint density at radius 3 is 2.57 bits per heavy atom. The van der Waals surface area contributed by atoms with E-state index in [-0.39, 0.29) is 17.7 Å². The fourth-order valence-corrected chi connectivity index (χ4v) is 5.15. The predicted molar refractivity (Wildman–Crippen MR) is 150 cm³/mol. The summed E-state index contributed by atoms with van der Waals surface area (Å²) in [6.07, 6.45) is 5.47. The molecule has 2 heterocycles. The van der Waals surface area contributed by atoms with Crippen molar-refractivity contribution in [2.75, 3.05) is 19.7 Å². The molecular weight excluding hydrogens is 506 g/mol. The van der Waals surface area contributed by atoms with Crippen LogP contribution in [0.5, 0.6) is 0 Å². The van der Waals surface area contributed by atoms with Crippen molar-refractivity contribution < 1.29 is 14.3 Å². The molecule has 6 nitrogen and oxygen atoms in total. The Labute approximate surface area is 226 Å². The van der Waals surface area contributed by atoms with Crippen molar-refractivity contribution >= 4 is 40.7 Å². The fraction of sp³-hybridized carbons (Fsp3) is 0.310. The van der Waals surface area contributed by atoms with Crippen LogP contribution >= 0.6 is 22.9 Å². The summed E-state index contributed by atoms with van der Waals surface area (Å²) in [6, 6.07) is 20.4. The quantitative estimate of drug-likeness (QED) is 0.318. The van der Waals surface area contributed by atoms with Gasteiger partial charge in [-0.15, -0.1) is 11.3 Å². The number of amides is 1. The Bertz CT molecular complexity index is 1190. The number of ether oxygens (including phenoxy) is 1. The van der Waals surface area contributed by atoms with E-state index in [9.17, 15) is 9.59 Å². The van der Waals surface area contributed by atoms with E-state index in [0.29, 0.717) is 25.1 Å². The Balaban J connectivity index is 1.35. The molecule has 4 rings (SSSR count). The molecule has 37 heavy (non-hydrogen) atoms. The number of nitrogens with two attached hydrogens (primary N) is 1. The minimum atomic E-state index is -0.712. The zero-order valence-electron chi connectivity index (χ0n) is 20.6. The molecule has 1 unspecified atom stereocenters. The number of halogens is 1. The Kier molecular flexibility index (Phi) is 10.0. The lowest BCUT2D eigenvalue weighted by Crippen LogP contribution is -2.46. The van der Waals surface area contributed by atoms with E-state index in [4.69, 9.17) is 22.1 Å². The van der Waals surface area contributed by atoms with Gasteiger partial charge in [-0.3, -0.25) is 9.59 Å². The maximum atomic E-state index is 13.0. The smallest absolute Gasteiger partial charge is 0.237 e. The van der Waals surface area contributed by atoms with Gasteiger partial charge in [-0.05, 0) is 48.6 Å². The van der Waals surface area contributed by atoms with Crippen LogP contribution in [0.15, 0.2) is 72.8 Å². The Hall–Kier alpha value is -2.81. The zero-order chi connectivity index (χ0) is 26.0. The molecule has 3 atom stereocenters. The maximum Gasteiger partial charge on any atom is 0.237 e. The molecule has 0 bridgehead atoms. The molecule has 0 aliphatic carbocycles. The van der Waals surface area contributed by atoms with Gasteiger partial charge in [0.1, 0.15) is 6.10 Å². The van der Waals surface area contributed by atoms with Gasteiger partial charge in [-0.25, -0.2) is 0 Å². The van der Waals surface area contributed by atoms with Crippen molar-refractivity contribution in [1.29, 1.82) is 0 Å². The van der Waals surface area contributed by atoms with Crippen LogP contribution in [0, 0.1) is 0 Å². The first-order valence-corrected chi connectivity index (χ1v) is 13.7. The van der Waals surface area contributed by atoms with Crippen molar-refractivity contribution in [3.63, 3.8) is 0 Å². The third kappa shape index (κ3) is 8.35. The summed E-state index contributed by atoms with van der Waals surface area (Å²) >= 11 is 7.55. The van der Waals surface area contributed by atoms with Gasteiger partial charge in [0.25, 0.3) is 0 Å². The average Bonchev–Trinajstić information content (AvgIpc) is 3.36. The van der Waals surface area contributed by atoms with E-state index < -0.39 is 12.1 Å².